The number of aromatic nitrogens is 4. The van der Waals surface area contributed by atoms with Gasteiger partial charge in [-0.3, -0.25) is 4.98 Å². The van der Waals surface area contributed by atoms with Crippen molar-refractivity contribution in [2.75, 3.05) is 5.32 Å². The first kappa shape index (κ1) is 19.8. The summed E-state index contributed by atoms with van der Waals surface area (Å²) in [4.78, 5) is 13.5. The molecule has 3 aromatic heterocycles. The van der Waals surface area contributed by atoms with Gasteiger partial charge in [-0.05, 0) is 50.2 Å². The number of pyridine rings is 1. The van der Waals surface area contributed by atoms with Crippen LogP contribution in [0.2, 0.25) is 0 Å². The van der Waals surface area contributed by atoms with Crippen LogP contribution in [-0.4, -0.2) is 19.5 Å². The van der Waals surface area contributed by atoms with Gasteiger partial charge in [0.1, 0.15) is 11.5 Å². The third kappa shape index (κ3) is 4.03. The molecule has 32 heavy (non-hydrogen) atoms. The average molecular weight is 422 g/mol. The lowest BCUT2D eigenvalue weighted by atomic mass is 10.1. The Morgan fingerprint density at radius 3 is 2.59 bits per heavy atom. The van der Waals surface area contributed by atoms with Gasteiger partial charge >= 0.3 is 0 Å². The third-order valence-electron chi connectivity index (χ3n) is 5.19. The van der Waals surface area contributed by atoms with Crippen molar-refractivity contribution in [1.82, 2.24) is 19.5 Å². The molecule has 6 nitrogen and oxygen atoms in total. The van der Waals surface area contributed by atoms with Crippen molar-refractivity contribution in [2.45, 2.75) is 19.9 Å². The number of hydrogen-bond donors (Lipinski definition) is 1. The Labute approximate surface area is 186 Å². The molecule has 0 atom stereocenters. The van der Waals surface area contributed by atoms with E-state index < -0.39 is 0 Å². The number of ether oxygens (including phenoxy) is 1. The molecular formula is C26H23N5O. The van der Waals surface area contributed by atoms with Gasteiger partial charge in [-0.2, -0.15) is 0 Å². The Morgan fingerprint density at radius 1 is 0.906 bits per heavy atom. The van der Waals surface area contributed by atoms with Gasteiger partial charge in [0.2, 0.25) is 5.95 Å². The van der Waals surface area contributed by atoms with Crippen LogP contribution in [0.15, 0.2) is 91.5 Å². The molecule has 158 valence electrons. The summed E-state index contributed by atoms with van der Waals surface area (Å²) in [6, 6.07) is 21.7. The summed E-state index contributed by atoms with van der Waals surface area (Å²) in [6.07, 6.45) is 7.62. The van der Waals surface area contributed by atoms with E-state index >= 15 is 0 Å². The van der Waals surface area contributed by atoms with Gasteiger partial charge in [-0.25, -0.2) is 9.97 Å². The molecule has 0 aliphatic heterocycles. The van der Waals surface area contributed by atoms with E-state index in [0.717, 1.165) is 39.3 Å². The number of rotatable bonds is 6. The number of nitrogens with one attached hydrogen (secondary N) is 1. The van der Waals surface area contributed by atoms with Crippen molar-refractivity contribution in [2.24, 2.45) is 0 Å². The molecule has 0 amide bonds. The predicted molar refractivity (Wildman–Crippen MR) is 127 cm³/mol. The number of benzene rings is 2. The maximum absolute atomic E-state index is 5.93. The van der Waals surface area contributed by atoms with E-state index in [-0.39, 0.29) is 0 Å². The second-order valence-electron chi connectivity index (χ2n) is 7.77. The van der Waals surface area contributed by atoms with E-state index in [2.05, 4.69) is 39.9 Å². The summed E-state index contributed by atoms with van der Waals surface area (Å²) in [6.45, 7) is 4.32. The molecule has 0 aliphatic carbocycles. The molecule has 0 saturated carbocycles. The minimum atomic E-state index is 0.322. The number of para-hydroxylation sites is 1. The average Bonchev–Trinajstić information content (AvgIpc) is 3.20. The van der Waals surface area contributed by atoms with Crippen LogP contribution in [0.25, 0.3) is 22.2 Å². The molecule has 0 fully saturated rings. The SMILES string of the molecule is CC(C)n1cc(-c2ccnc(Nc3cccc(Oc4ccccc4)c3)n2)c2ccncc21. The van der Waals surface area contributed by atoms with Gasteiger partial charge in [-0.15, -0.1) is 0 Å². The van der Waals surface area contributed by atoms with E-state index in [1.165, 1.54) is 0 Å². The first-order valence-corrected chi connectivity index (χ1v) is 10.6. The quantitative estimate of drug-likeness (QED) is 0.334. The molecule has 0 bridgehead atoms. The zero-order valence-corrected chi connectivity index (χ0v) is 17.9. The Balaban J connectivity index is 1.44. The summed E-state index contributed by atoms with van der Waals surface area (Å²) in [5, 5.41) is 4.42. The molecule has 0 unspecified atom stereocenters. The number of fused-ring (bicyclic) bond motifs is 1. The standard InChI is InChI=1S/C26H23N5O/c1-18(2)31-17-23(22-11-13-27-16-25(22)31)24-12-14-28-26(30-24)29-19-7-6-10-21(15-19)32-20-8-4-3-5-9-20/h3-18H,1-2H3,(H,28,29,30). The molecule has 2 aromatic carbocycles. The van der Waals surface area contributed by atoms with E-state index in [4.69, 9.17) is 9.72 Å². The Bertz CT molecular complexity index is 1360. The highest BCUT2D eigenvalue weighted by Gasteiger charge is 2.14. The van der Waals surface area contributed by atoms with Crippen molar-refractivity contribution in [1.29, 1.82) is 0 Å². The third-order valence-corrected chi connectivity index (χ3v) is 5.19. The number of nitrogens with zero attached hydrogens (tertiary/aromatic N) is 4. The lowest BCUT2D eigenvalue weighted by Crippen LogP contribution is -1.99. The summed E-state index contributed by atoms with van der Waals surface area (Å²) in [5.74, 6) is 2.06. The normalized spacial score (nSPS) is 11.1. The minimum Gasteiger partial charge on any atom is -0.457 e. The molecule has 5 rings (SSSR count). The summed E-state index contributed by atoms with van der Waals surface area (Å²) in [7, 11) is 0. The fraction of sp³-hybridized carbons (Fsp3) is 0.115. The fourth-order valence-electron chi connectivity index (χ4n) is 3.69. The van der Waals surface area contributed by atoms with Gasteiger partial charge < -0.3 is 14.6 Å². The van der Waals surface area contributed by atoms with E-state index in [1.807, 2.05) is 79.1 Å². The molecule has 3 heterocycles. The second-order valence-corrected chi connectivity index (χ2v) is 7.77. The van der Waals surface area contributed by atoms with Gasteiger partial charge in [0.15, 0.2) is 0 Å². The molecule has 1 N–H and O–H groups in total. The van der Waals surface area contributed by atoms with E-state index in [0.29, 0.717) is 12.0 Å². The van der Waals surface area contributed by atoms with Crippen LogP contribution < -0.4 is 10.1 Å². The van der Waals surface area contributed by atoms with Crippen molar-refractivity contribution in [3.05, 3.63) is 91.5 Å². The molecule has 0 aliphatic rings. The highest BCUT2D eigenvalue weighted by molar-refractivity contribution is 5.94. The Hall–Kier alpha value is -4.19. The molecular weight excluding hydrogens is 398 g/mol. The lowest BCUT2D eigenvalue weighted by molar-refractivity contribution is 0.483. The van der Waals surface area contributed by atoms with Crippen LogP contribution in [0.4, 0.5) is 11.6 Å². The zero-order valence-electron chi connectivity index (χ0n) is 17.9. The Kier molecular flexibility index (Phi) is 5.25. The molecule has 0 spiro atoms. The van der Waals surface area contributed by atoms with Crippen molar-refractivity contribution < 1.29 is 4.74 Å². The zero-order chi connectivity index (χ0) is 21.9. The largest absolute Gasteiger partial charge is 0.457 e. The highest BCUT2D eigenvalue weighted by atomic mass is 16.5. The predicted octanol–water partition coefficient (Wildman–Crippen LogP) is 6.61. The molecule has 6 heteroatoms. The first-order chi connectivity index (χ1) is 15.7. The highest BCUT2D eigenvalue weighted by Crippen LogP contribution is 2.32. The maximum Gasteiger partial charge on any atom is 0.227 e. The number of hydrogen-bond acceptors (Lipinski definition) is 5. The van der Waals surface area contributed by atoms with Gasteiger partial charge in [0.05, 0.1) is 17.4 Å². The minimum absolute atomic E-state index is 0.322. The topological polar surface area (TPSA) is 64.9 Å². The van der Waals surface area contributed by atoms with Crippen LogP contribution in [0.5, 0.6) is 11.5 Å². The number of anilines is 2. The van der Waals surface area contributed by atoms with Crippen molar-refractivity contribution >= 4 is 22.5 Å². The lowest BCUT2D eigenvalue weighted by Gasteiger charge is -2.09. The van der Waals surface area contributed by atoms with Gasteiger partial charge in [0.25, 0.3) is 0 Å². The Morgan fingerprint density at radius 2 is 1.75 bits per heavy atom. The summed E-state index contributed by atoms with van der Waals surface area (Å²) < 4.78 is 8.15. The van der Waals surface area contributed by atoms with E-state index in [1.54, 1.807) is 6.20 Å². The van der Waals surface area contributed by atoms with Crippen LogP contribution >= 0.6 is 0 Å². The summed E-state index contributed by atoms with van der Waals surface area (Å²) in [5.41, 5.74) is 3.86. The maximum atomic E-state index is 5.93. The van der Waals surface area contributed by atoms with Crippen LogP contribution in [0.1, 0.15) is 19.9 Å². The molecule has 5 aromatic rings. The van der Waals surface area contributed by atoms with Crippen molar-refractivity contribution in [3.8, 4) is 22.8 Å². The van der Waals surface area contributed by atoms with Crippen LogP contribution in [0, 0.1) is 0 Å². The fourth-order valence-corrected chi connectivity index (χ4v) is 3.69. The second kappa shape index (κ2) is 8.51. The molecule has 0 radical (unpaired) electrons. The van der Waals surface area contributed by atoms with Crippen molar-refractivity contribution in [3.63, 3.8) is 0 Å². The summed E-state index contributed by atoms with van der Waals surface area (Å²) >= 11 is 0. The van der Waals surface area contributed by atoms with E-state index in [9.17, 15) is 0 Å². The van der Waals surface area contributed by atoms with Crippen LogP contribution in [0.3, 0.4) is 0 Å². The van der Waals surface area contributed by atoms with Gasteiger partial charge in [-0.1, -0.05) is 24.3 Å². The monoisotopic (exact) mass is 421 g/mol. The molecule has 0 saturated heterocycles. The first-order valence-electron chi connectivity index (χ1n) is 10.6. The van der Waals surface area contributed by atoms with Crippen LogP contribution in [-0.2, 0) is 0 Å². The smallest absolute Gasteiger partial charge is 0.227 e. The van der Waals surface area contributed by atoms with Gasteiger partial charge in [0, 0.05) is 47.3 Å².